The first kappa shape index (κ1) is 16.9. The molecule has 0 radical (unpaired) electrons. The zero-order valence-corrected chi connectivity index (χ0v) is 14.7. The minimum absolute atomic E-state index is 0.0315. The van der Waals surface area contributed by atoms with Crippen molar-refractivity contribution >= 4 is 17.2 Å². The second-order valence-corrected chi connectivity index (χ2v) is 7.05. The van der Waals surface area contributed by atoms with Crippen molar-refractivity contribution in [2.45, 2.75) is 19.3 Å². The summed E-state index contributed by atoms with van der Waals surface area (Å²) in [6.45, 7) is 2.91. The average Bonchev–Trinajstić information content (AvgIpc) is 3.13. The highest BCUT2D eigenvalue weighted by Gasteiger charge is 2.15. The van der Waals surface area contributed by atoms with Crippen LogP contribution in [0.5, 0.6) is 5.75 Å². The largest absolute Gasteiger partial charge is 0.497 e. The van der Waals surface area contributed by atoms with Crippen LogP contribution in [0, 0.1) is 5.92 Å². The van der Waals surface area contributed by atoms with Crippen LogP contribution >= 0.6 is 11.3 Å². The molecule has 5 nitrogen and oxygen atoms in total. The van der Waals surface area contributed by atoms with Gasteiger partial charge in [0.25, 0.3) is 5.91 Å². The molecular weight excluding hydrogens is 322 g/mol. The first-order valence-corrected chi connectivity index (χ1v) is 9.17. The number of ether oxygens (including phenoxy) is 1. The van der Waals surface area contributed by atoms with Gasteiger partial charge in [0.05, 0.1) is 13.3 Å². The van der Waals surface area contributed by atoms with E-state index in [4.69, 9.17) is 4.74 Å². The van der Waals surface area contributed by atoms with Gasteiger partial charge in [0.1, 0.15) is 15.6 Å². The van der Waals surface area contributed by atoms with E-state index in [1.54, 1.807) is 13.3 Å². The van der Waals surface area contributed by atoms with E-state index in [2.05, 4.69) is 15.6 Å². The van der Waals surface area contributed by atoms with Gasteiger partial charge in [-0.2, -0.15) is 0 Å². The van der Waals surface area contributed by atoms with Crippen LogP contribution in [-0.2, 0) is 0 Å². The Bertz CT molecular complexity index is 663. The molecule has 0 spiro atoms. The Hall–Kier alpha value is -1.92. The quantitative estimate of drug-likeness (QED) is 0.845. The van der Waals surface area contributed by atoms with Gasteiger partial charge < -0.3 is 15.4 Å². The summed E-state index contributed by atoms with van der Waals surface area (Å²) in [5, 5.41) is 7.26. The van der Waals surface area contributed by atoms with E-state index in [9.17, 15) is 4.79 Å². The van der Waals surface area contributed by atoms with Crippen molar-refractivity contribution in [1.82, 2.24) is 15.6 Å². The van der Waals surface area contributed by atoms with Crippen molar-refractivity contribution < 1.29 is 9.53 Å². The summed E-state index contributed by atoms with van der Waals surface area (Å²) in [4.78, 5) is 17.3. The predicted molar refractivity (Wildman–Crippen MR) is 96.6 cm³/mol. The SMILES string of the molecule is COc1ccc(-c2ncc(C(=O)NCCC3CCCNC3)s2)cc1. The third-order valence-corrected chi connectivity index (χ3v) is 5.35. The normalized spacial score (nSPS) is 17.5. The maximum atomic E-state index is 12.3. The minimum Gasteiger partial charge on any atom is -0.497 e. The molecule has 2 N–H and O–H groups in total. The molecule has 1 aromatic heterocycles. The summed E-state index contributed by atoms with van der Waals surface area (Å²) in [6, 6.07) is 7.70. The van der Waals surface area contributed by atoms with Crippen molar-refractivity contribution in [3.05, 3.63) is 35.3 Å². The summed E-state index contributed by atoms with van der Waals surface area (Å²) < 4.78 is 5.16. The molecule has 1 aliphatic rings. The third-order valence-electron chi connectivity index (χ3n) is 4.30. The molecule has 24 heavy (non-hydrogen) atoms. The number of piperidine rings is 1. The smallest absolute Gasteiger partial charge is 0.263 e. The van der Waals surface area contributed by atoms with E-state index in [0.29, 0.717) is 10.8 Å². The molecule has 1 unspecified atom stereocenters. The lowest BCUT2D eigenvalue weighted by molar-refractivity contribution is 0.0954. The first-order chi connectivity index (χ1) is 11.8. The van der Waals surface area contributed by atoms with Gasteiger partial charge in [-0.15, -0.1) is 11.3 Å². The second kappa shape index (κ2) is 8.26. The fourth-order valence-corrected chi connectivity index (χ4v) is 3.73. The van der Waals surface area contributed by atoms with E-state index in [1.165, 1.54) is 24.2 Å². The third kappa shape index (κ3) is 4.33. The molecule has 0 saturated carbocycles. The number of methoxy groups -OCH3 is 1. The van der Waals surface area contributed by atoms with Gasteiger partial charge in [-0.3, -0.25) is 4.79 Å². The average molecular weight is 345 g/mol. The molecule has 1 atom stereocenters. The Labute approximate surface area is 146 Å². The fraction of sp³-hybridized carbons (Fsp3) is 0.444. The van der Waals surface area contributed by atoms with Crippen molar-refractivity contribution in [3.8, 4) is 16.3 Å². The first-order valence-electron chi connectivity index (χ1n) is 8.35. The molecular formula is C18H23N3O2S. The van der Waals surface area contributed by atoms with E-state index in [1.807, 2.05) is 24.3 Å². The lowest BCUT2D eigenvalue weighted by Crippen LogP contribution is -2.33. The lowest BCUT2D eigenvalue weighted by atomic mass is 9.96. The van der Waals surface area contributed by atoms with E-state index in [0.717, 1.165) is 42.4 Å². The highest BCUT2D eigenvalue weighted by Crippen LogP contribution is 2.26. The Balaban J connectivity index is 1.53. The predicted octanol–water partition coefficient (Wildman–Crippen LogP) is 2.94. The number of thiazole rings is 1. The maximum Gasteiger partial charge on any atom is 0.263 e. The van der Waals surface area contributed by atoms with Crippen LogP contribution in [0.1, 0.15) is 28.9 Å². The number of amides is 1. The molecule has 1 fully saturated rings. The highest BCUT2D eigenvalue weighted by atomic mass is 32.1. The number of nitrogens with one attached hydrogen (secondary N) is 2. The van der Waals surface area contributed by atoms with E-state index in [-0.39, 0.29) is 5.91 Å². The van der Waals surface area contributed by atoms with Crippen LogP contribution in [0.2, 0.25) is 0 Å². The van der Waals surface area contributed by atoms with Crippen molar-refractivity contribution in [2.75, 3.05) is 26.7 Å². The Kier molecular flexibility index (Phi) is 5.82. The summed E-state index contributed by atoms with van der Waals surface area (Å²) >= 11 is 1.42. The number of carbonyl (C=O) groups is 1. The zero-order chi connectivity index (χ0) is 16.8. The number of carbonyl (C=O) groups excluding carboxylic acids is 1. The molecule has 2 aromatic rings. The summed E-state index contributed by atoms with van der Waals surface area (Å²) in [6.07, 6.45) is 5.17. The van der Waals surface area contributed by atoms with Crippen LogP contribution in [-0.4, -0.2) is 37.6 Å². The minimum atomic E-state index is -0.0315. The number of nitrogens with zero attached hydrogens (tertiary/aromatic N) is 1. The highest BCUT2D eigenvalue weighted by molar-refractivity contribution is 7.16. The number of benzene rings is 1. The van der Waals surface area contributed by atoms with E-state index >= 15 is 0 Å². The zero-order valence-electron chi connectivity index (χ0n) is 13.9. The van der Waals surface area contributed by atoms with Gasteiger partial charge in [-0.25, -0.2) is 4.98 Å². The van der Waals surface area contributed by atoms with Crippen LogP contribution < -0.4 is 15.4 Å². The number of rotatable bonds is 6. The fourth-order valence-electron chi connectivity index (χ4n) is 2.89. The van der Waals surface area contributed by atoms with Crippen LogP contribution in [0.15, 0.2) is 30.5 Å². The van der Waals surface area contributed by atoms with Gasteiger partial charge in [0.15, 0.2) is 0 Å². The van der Waals surface area contributed by atoms with Gasteiger partial charge in [-0.05, 0) is 62.5 Å². The topological polar surface area (TPSA) is 63.2 Å². The maximum absolute atomic E-state index is 12.3. The molecule has 1 saturated heterocycles. The second-order valence-electron chi connectivity index (χ2n) is 6.02. The lowest BCUT2D eigenvalue weighted by Gasteiger charge is -2.22. The molecule has 6 heteroatoms. The number of hydrogen-bond acceptors (Lipinski definition) is 5. The van der Waals surface area contributed by atoms with Crippen LogP contribution in [0.4, 0.5) is 0 Å². The Morgan fingerprint density at radius 1 is 1.42 bits per heavy atom. The van der Waals surface area contributed by atoms with Crippen molar-refractivity contribution in [2.24, 2.45) is 5.92 Å². The van der Waals surface area contributed by atoms with Crippen LogP contribution in [0.3, 0.4) is 0 Å². The Morgan fingerprint density at radius 3 is 2.96 bits per heavy atom. The van der Waals surface area contributed by atoms with Gasteiger partial charge in [-0.1, -0.05) is 0 Å². The van der Waals surface area contributed by atoms with Gasteiger partial charge in [0.2, 0.25) is 0 Å². The molecule has 0 aliphatic carbocycles. The van der Waals surface area contributed by atoms with Crippen molar-refractivity contribution in [1.29, 1.82) is 0 Å². The van der Waals surface area contributed by atoms with Gasteiger partial charge >= 0.3 is 0 Å². The molecule has 1 aromatic carbocycles. The molecule has 2 heterocycles. The Morgan fingerprint density at radius 2 is 2.25 bits per heavy atom. The molecule has 128 valence electrons. The van der Waals surface area contributed by atoms with Crippen molar-refractivity contribution in [3.63, 3.8) is 0 Å². The molecule has 0 bridgehead atoms. The molecule has 1 amide bonds. The summed E-state index contributed by atoms with van der Waals surface area (Å²) in [7, 11) is 1.64. The molecule has 3 rings (SSSR count). The standard InChI is InChI=1S/C18H23N3O2S/c1-23-15-6-4-14(5-7-15)18-21-12-16(24-18)17(22)20-10-8-13-3-2-9-19-11-13/h4-7,12-13,19H,2-3,8-11H2,1H3,(H,20,22). The van der Waals surface area contributed by atoms with E-state index < -0.39 is 0 Å². The van der Waals surface area contributed by atoms with Gasteiger partial charge in [0, 0.05) is 12.1 Å². The number of aromatic nitrogens is 1. The summed E-state index contributed by atoms with van der Waals surface area (Å²) in [5.41, 5.74) is 0.994. The molecule has 1 aliphatic heterocycles. The monoisotopic (exact) mass is 345 g/mol. The van der Waals surface area contributed by atoms with Crippen LogP contribution in [0.25, 0.3) is 10.6 Å². The summed E-state index contributed by atoms with van der Waals surface area (Å²) in [5.74, 6) is 1.46. The number of hydrogen-bond donors (Lipinski definition) is 2.